The summed E-state index contributed by atoms with van der Waals surface area (Å²) in [5, 5.41) is 3.09. The molecule has 1 unspecified atom stereocenters. The van der Waals surface area contributed by atoms with E-state index in [1.165, 1.54) is 0 Å². The van der Waals surface area contributed by atoms with Crippen LogP contribution < -0.4 is 20.5 Å². The van der Waals surface area contributed by atoms with Crippen LogP contribution in [0.5, 0.6) is 11.5 Å². The molecule has 1 aliphatic rings. The van der Waals surface area contributed by atoms with Crippen LogP contribution in [0, 0.1) is 12.8 Å². The Morgan fingerprint density at radius 2 is 1.90 bits per heavy atom. The van der Waals surface area contributed by atoms with E-state index in [0.717, 1.165) is 18.4 Å². The van der Waals surface area contributed by atoms with Gasteiger partial charge >= 0.3 is 0 Å². The SMILES string of the molecule is COc1cc(C)c(C(=O)NC(C)(CN)C2CC2)cc1OC. The maximum absolute atomic E-state index is 12.6. The topological polar surface area (TPSA) is 73.6 Å². The minimum atomic E-state index is -0.337. The lowest BCUT2D eigenvalue weighted by molar-refractivity contribution is 0.0897. The molecule has 1 amide bonds. The third kappa shape index (κ3) is 3.13. The van der Waals surface area contributed by atoms with Crippen molar-refractivity contribution in [3.05, 3.63) is 23.3 Å². The van der Waals surface area contributed by atoms with Crippen LogP contribution in [-0.4, -0.2) is 32.2 Å². The highest BCUT2D eigenvalue weighted by Crippen LogP contribution is 2.39. The van der Waals surface area contributed by atoms with Gasteiger partial charge in [0.2, 0.25) is 0 Å². The normalized spacial score (nSPS) is 17.0. The van der Waals surface area contributed by atoms with E-state index in [2.05, 4.69) is 5.32 Å². The van der Waals surface area contributed by atoms with Gasteiger partial charge in [0.25, 0.3) is 5.91 Å². The van der Waals surface area contributed by atoms with Crippen LogP contribution in [0.15, 0.2) is 12.1 Å². The average Bonchev–Trinajstić information content (AvgIpc) is 3.31. The van der Waals surface area contributed by atoms with Crippen LogP contribution >= 0.6 is 0 Å². The number of nitrogens with one attached hydrogen (secondary N) is 1. The van der Waals surface area contributed by atoms with E-state index >= 15 is 0 Å². The summed E-state index contributed by atoms with van der Waals surface area (Å²) in [5.74, 6) is 1.53. The van der Waals surface area contributed by atoms with Gasteiger partial charge in [-0.1, -0.05) is 0 Å². The summed E-state index contributed by atoms with van der Waals surface area (Å²) in [5.41, 5.74) is 6.96. The van der Waals surface area contributed by atoms with Crippen LogP contribution in [0.25, 0.3) is 0 Å². The van der Waals surface area contributed by atoms with Gasteiger partial charge in [0.05, 0.1) is 19.8 Å². The van der Waals surface area contributed by atoms with E-state index in [1.807, 2.05) is 19.9 Å². The zero-order chi connectivity index (χ0) is 15.6. The first-order chi connectivity index (χ1) is 9.95. The fourth-order valence-corrected chi connectivity index (χ4v) is 2.59. The second kappa shape index (κ2) is 5.93. The highest BCUT2D eigenvalue weighted by atomic mass is 16.5. The maximum Gasteiger partial charge on any atom is 0.252 e. The van der Waals surface area contributed by atoms with Gasteiger partial charge in [-0.2, -0.15) is 0 Å². The van der Waals surface area contributed by atoms with E-state index in [0.29, 0.717) is 29.5 Å². The molecule has 1 aliphatic carbocycles. The Hall–Kier alpha value is -1.75. The second-order valence-electron chi connectivity index (χ2n) is 5.87. The molecule has 21 heavy (non-hydrogen) atoms. The monoisotopic (exact) mass is 292 g/mol. The average molecular weight is 292 g/mol. The molecule has 1 aromatic carbocycles. The number of carbonyl (C=O) groups excluding carboxylic acids is 1. The van der Waals surface area contributed by atoms with Gasteiger partial charge in [-0.25, -0.2) is 0 Å². The molecule has 0 bridgehead atoms. The molecular weight excluding hydrogens is 268 g/mol. The first kappa shape index (κ1) is 15.6. The lowest BCUT2D eigenvalue weighted by Gasteiger charge is -2.30. The molecule has 0 aliphatic heterocycles. The molecule has 0 heterocycles. The van der Waals surface area contributed by atoms with E-state index in [-0.39, 0.29) is 11.4 Å². The van der Waals surface area contributed by atoms with Crippen LogP contribution in [0.2, 0.25) is 0 Å². The summed E-state index contributed by atoms with van der Waals surface area (Å²) >= 11 is 0. The van der Waals surface area contributed by atoms with Crippen LogP contribution in [-0.2, 0) is 0 Å². The minimum absolute atomic E-state index is 0.117. The van der Waals surface area contributed by atoms with Crippen molar-refractivity contribution in [2.75, 3.05) is 20.8 Å². The first-order valence-corrected chi connectivity index (χ1v) is 7.20. The van der Waals surface area contributed by atoms with Gasteiger partial charge in [0.15, 0.2) is 11.5 Å². The third-order valence-corrected chi connectivity index (χ3v) is 4.28. The van der Waals surface area contributed by atoms with Crippen LogP contribution in [0.1, 0.15) is 35.7 Å². The highest BCUT2D eigenvalue weighted by Gasteiger charge is 2.41. The van der Waals surface area contributed by atoms with Crippen molar-refractivity contribution in [2.45, 2.75) is 32.2 Å². The quantitative estimate of drug-likeness (QED) is 0.839. The fraction of sp³-hybridized carbons (Fsp3) is 0.562. The lowest BCUT2D eigenvalue weighted by atomic mass is 9.95. The largest absolute Gasteiger partial charge is 0.493 e. The molecule has 0 aromatic heterocycles. The van der Waals surface area contributed by atoms with Crippen molar-refractivity contribution in [3.63, 3.8) is 0 Å². The predicted molar refractivity (Wildman–Crippen MR) is 81.9 cm³/mol. The van der Waals surface area contributed by atoms with Crippen molar-refractivity contribution in [3.8, 4) is 11.5 Å². The summed E-state index contributed by atoms with van der Waals surface area (Å²) in [6.45, 7) is 4.34. The Morgan fingerprint density at radius 3 is 2.38 bits per heavy atom. The van der Waals surface area contributed by atoms with E-state index < -0.39 is 0 Å². The number of amides is 1. The molecule has 0 radical (unpaired) electrons. The van der Waals surface area contributed by atoms with Gasteiger partial charge in [-0.3, -0.25) is 4.79 Å². The van der Waals surface area contributed by atoms with Crippen molar-refractivity contribution in [2.24, 2.45) is 11.7 Å². The van der Waals surface area contributed by atoms with E-state index in [1.54, 1.807) is 20.3 Å². The number of aryl methyl sites for hydroxylation is 1. The highest BCUT2D eigenvalue weighted by molar-refractivity contribution is 5.97. The molecule has 0 saturated heterocycles. The number of hydrogen-bond acceptors (Lipinski definition) is 4. The fourth-order valence-electron chi connectivity index (χ4n) is 2.59. The molecule has 116 valence electrons. The number of carbonyl (C=O) groups is 1. The standard InChI is InChI=1S/C16H24N2O3/c1-10-7-13(20-3)14(21-4)8-12(10)15(19)18-16(2,9-17)11-5-6-11/h7-8,11H,5-6,9,17H2,1-4H3,(H,18,19). The van der Waals surface area contributed by atoms with Crippen LogP contribution in [0.4, 0.5) is 0 Å². The van der Waals surface area contributed by atoms with E-state index in [4.69, 9.17) is 15.2 Å². The van der Waals surface area contributed by atoms with Crippen LogP contribution in [0.3, 0.4) is 0 Å². The zero-order valence-corrected chi connectivity index (χ0v) is 13.2. The summed E-state index contributed by atoms with van der Waals surface area (Å²) in [6, 6.07) is 3.53. The summed E-state index contributed by atoms with van der Waals surface area (Å²) in [6.07, 6.45) is 2.25. The van der Waals surface area contributed by atoms with Gasteiger partial charge < -0.3 is 20.5 Å². The molecular formula is C16H24N2O3. The van der Waals surface area contributed by atoms with Gasteiger partial charge in [0, 0.05) is 12.1 Å². The number of nitrogens with two attached hydrogens (primary N) is 1. The van der Waals surface area contributed by atoms with E-state index in [9.17, 15) is 4.79 Å². The molecule has 1 atom stereocenters. The molecule has 3 N–H and O–H groups in total. The van der Waals surface area contributed by atoms with Crippen molar-refractivity contribution in [1.29, 1.82) is 0 Å². The number of hydrogen-bond donors (Lipinski definition) is 2. The molecule has 0 spiro atoms. The predicted octanol–water partition coefficient (Wildman–Crippen LogP) is 1.87. The Labute approximate surface area is 125 Å². The molecule has 1 aromatic rings. The first-order valence-electron chi connectivity index (χ1n) is 7.20. The molecule has 5 heteroatoms. The molecule has 1 fully saturated rings. The molecule has 5 nitrogen and oxygen atoms in total. The van der Waals surface area contributed by atoms with Gasteiger partial charge in [0.1, 0.15) is 0 Å². The Morgan fingerprint density at radius 1 is 1.33 bits per heavy atom. The number of benzene rings is 1. The van der Waals surface area contributed by atoms with Crippen molar-refractivity contribution in [1.82, 2.24) is 5.32 Å². The number of rotatable bonds is 6. The lowest BCUT2D eigenvalue weighted by Crippen LogP contribution is -2.53. The van der Waals surface area contributed by atoms with Gasteiger partial charge in [-0.15, -0.1) is 0 Å². The third-order valence-electron chi connectivity index (χ3n) is 4.28. The van der Waals surface area contributed by atoms with Gasteiger partial charge in [-0.05, 0) is 50.3 Å². The minimum Gasteiger partial charge on any atom is -0.493 e. The number of methoxy groups -OCH3 is 2. The summed E-state index contributed by atoms with van der Waals surface area (Å²) in [7, 11) is 3.14. The number of ether oxygens (including phenoxy) is 2. The molecule has 1 saturated carbocycles. The van der Waals surface area contributed by atoms with Crippen molar-refractivity contribution < 1.29 is 14.3 Å². The Bertz CT molecular complexity index is 541. The van der Waals surface area contributed by atoms with Crippen molar-refractivity contribution >= 4 is 5.91 Å². The Kier molecular flexibility index (Phi) is 4.42. The summed E-state index contributed by atoms with van der Waals surface area (Å²) < 4.78 is 10.5. The summed E-state index contributed by atoms with van der Waals surface area (Å²) in [4.78, 5) is 12.6. The second-order valence-corrected chi connectivity index (χ2v) is 5.87. The zero-order valence-electron chi connectivity index (χ0n) is 13.2. The smallest absolute Gasteiger partial charge is 0.252 e. The Balaban J connectivity index is 2.26. The maximum atomic E-state index is 12.6. The molecule has 2 rings (SSSR count).